The zero-order valence-corrected chi connectivity index (χ0v) is 13.8. The predicted octanol–water partition coefficient (Wildman–Crippen LogP) is 3.22. The molecule has 0 unspecified atom stereocenters. The number of rotatable bonds is 1. The van der Waals surface area contributed by atoms with Gasteiger partial charge in [0.2, 0.25) is 5.91 Å². The van der Waals surface area contributed by atoms with Crippen molar-refractivity contribution in [2.24, 2.45) is 0 Å². The smallest absolute Gasteiger partial charge is 0.405 e. The molecule has 0 fully saturated rings. The molecular formula is C19H16N4O3. The first-order valence-corrected chi connectivity index (χ1v) is 8.01. The maximum atomic E-state index is 12.2. The van der Waals surface area contributed by atoms with Crippen LogP contribution in [0, 0.1) is 11.3 Å². The topological polar surface area (TPSA) is 115 Å². The summed E-state index contributed by atoms with van der Waals surface area (Å²) in [6.07, 6.45) is 4.44. The van der Waals surface area contributed by atoms with E-state index in [1.807, 2.05) is 0 Å². The minimum atomic E-state index is -1.15. The van der Waals surface area contributed by atoms with E-state index in [0.29, 0.717) is 28.9 Å². The Bertz CT molecular complexity index is 931. The summed E-state index contributed by atoms with van der Waals surface area (Å²) in [4.78, 5) is 27.5. The molecule has 0 spiro atoms. The molecule has 2 bridgehead atoms. The van der Waals surface area contributed by atoms with Gasteiger partial charge in [-0.3, -0.25) is 9.78 Å². The van der Waals surface area contributed by atoms with Crippen LogP contribution in [0.1, 0.15) is 30.1 Å². The molecule has 2 aromatic rings. The van der Waals surface area contributed by atoms with Crippen molar-refractivity contribution in [2.75, 3.05) is 5.32 Å². The number of aromatic nitrogens is 1. The van der Waals surface area contributed by atoms with E-state index in [1.54, 1.807) is 48.7 Å². The lowest BCUT2D eigenvalue weighted by Crippen LogP contribution is -2.27. The zero-order chi connectivity index (χ0) is 18.5. The Kier molecular flexibility index (Phi) is 4.94. The number of carboxylic acid groups (broad SMARTS) is 1. The second-order valence-electron chi connectivity index (χ2n) is 5.80. The molecular weight excluding hydrogens is 332 g/mol. The molecule has 26 heavy (non-hydrogen) atoms. The van der Waals surface area contributed by atoms with Crippen LogP contribution in [-0.2, 0) is 4.79 Å². The normalized spacial score (nSPS) is 16.3. The quantitative estimate of drug-likeness (QED) is 0.684. The minimum Gasteiger partial charge on any atom is -0.465 e. The maximum absolute atomic E-state index is 12.2. The van der Waals surface area contributed by atoms with Crippen LogP contribution in [0.2, 0.25) is 0 Å². The van der Waals surface area contributed by atoms with Gasteiger partial charge in [0.25, 0.3) is 0 Å². The summed E-state index contributed by atoms with van der Waals surface area (Å²) in [5, 5.41) is 23.6. The monoisotopic (exact) mass is 348 g/mol. The van der Waals surface area contributed by atoms with Crippen LogP contribution in [0.5, 0.6) is 0 Å². The molecule has 0 radical (unpaired) electrons. The highest BCUT2D eigenvalue weighted by atomic mass is 16.4. The van der Waals surface area contributed by atoms with Crippen LogP contribution in [0.15, 0.2) is 48.7 Å². The summed E-state index contributed by atoms with van der Waals surface area (Å²) in [7, 11) is 0. The average molecular weight is 348 g/mol. The first-order valence-electron chi connectivity index (χ1n) is 8.01. The third kappa shape index (κ3) is 3.87. The van der Waals surface area contributed by atoms with E-state index in [1.165, 1.54) is 0 Å². The van der Waals surface area contributed by atoms with Crippen LogP contribution in [0.4, 0.5) is 10.5 Å². The number of nitrogens with one attached hydrogen (secondary N) is 2. The van der Waals surface area contributed by atoms with Crippen molar-refractivity contribution in [3.05, 3.63) is 59.9 Å². The SMILES string of the molecule is N#Cc1ccc2c(c1)-c1ccnc(c1)[C@@H](NC(=O)O)CC=CCC(=O)N2. The number of hydrogen-bond donors (Lipinski definition) is 3. The molecule has 2 amide bonds. The van der Waals surface area contributed by atoms with Crippen molar-refractivity contribution < 1.29 is 14.7 Å². The highest BCUT2D eigenvalue weighted by molar-refractivity contribution is 5.96. The third-order valence-corrected chi connectivity index (χ3v) is 4.01. The molecule has 1 atom stereocenters. The molecule has 0 saturated carbocycles. The summed E-state index contributed by atoms with van der Waals surface area (Å²) in [6.45, 7) is 0. The second-order valence-corrected chi connectivity index (χ2v) is 5.80. The average Bonchev–Trinajstić information content (AvgIpc) is 2.63. The molecule has 1 aromatic heterocycles. The molecule has 1 aliphatic heterocycles. The molecule has 0 aliphatic carbocycles. The molecule has 0 saturated heterocycles. The number of benzene rings is 1. The molecule has 1 aromatic carbocycles. The van der Waals surface area contributed by atoms with Gasteiger partial charge in [0.15, 0.2) is 0 Å². The fraction of sp³-hybridized carbons (Fsp3) is 0.158. The fourth-order valence-electron chi connectivity index (χ4n) is 2.79. The number of amides is 2. The van der Waals surface area contributed by atoms with Crippen molar-refractivity contribution in [1.82, 2.24) is 10.3 Å². The number of hydrogen-bond acceptors (Lipinski definition) is 4. The van der Waals surface area contributed by atoms with Crippen molar-refractivity contribution in [3.63, 3.8) is 0 Å². The third-order valence-electron chi connectivity index (χ3n) is 4.01. The first kappa shape index (κ1) is 17.2. The zero-order valence-electron chi connectivity index (χ0n) is 13.8. The lowest BCUT2D eigenvalue weighted by molar-refractivity contribution is -0.115. The molecule has 130 valence electrons. The van der Waals surface area contributed by atoms with Crippen molar-refractivity contribution in [3.8, 4) is 17.2 Å². The molecule has 3 N–H and O–H groups in total. The number of carbonyl (C=O) groups excluding carboxylic acids is 1. The van der Waals surface area contributed by atoms with Gasteiger partial charge in [0.05, 0.1) is 23.4 Å². The van der Waals surface area contributed by atoms with E-state index in [2.05, 4.69) is 21.7 Å². The van der Waals surface area contributed by atoms with Crippen LogP contribution in [0.3, 0.4) is 0 Å². The van der Waals surface area contributed by atoms with Gasteiger partial charge in [0, 0.05) is 23.9 Å². The summed E-state index contributed by atoms with van der Waals surface area (Å²) in [5.74, 6) is -0.190. The van der Waals surface area contributed by atoms with E-state index >= 15 is 0 Å². The van der Waals surface area contributed by atoms with Gasteiger partial charge in [-0.25, -0.2) is 4.79 Å². The second kappa shape index (κ2) is 7.49. The lowest BCUT2D eigenvalue weighted by Gasteiger charge is -2.17. The van der Waals surface area contributed by atoms with Gasteiger partial charge in [0.1, 0.15) is 0 Å². The summed E-state index contributed by atoms with van der Waals surface area (Å²) < 4.78 is 0. The predicted molar refractivity (Wildman–Crippen MR) is 95.3 cm³/mol. The van der Waals surface area contributed by atoms with E-state index < -0.39 is 12.1 Å². The van der Waals surface area contributed by atoms with Crippen LogP contribution in [-0.4, -0.2) is 22.1 Å². The Morgan fingerprint density at radius 1 is 1.31 bits per heavy atom. The Hall–Kier alpha value is -3.66. The van der Waals surface area contributed by atoms with Gasteiger partial charge >= 0.3 is 6.09 Å². The number of pyridine rings is 1. The van der Waals surface area contributed by atoms with E-state index in [0.717, 1.165) is 5.56 Å². The maximum Gasteiger partial charge on any atom is 0.405 e. The molecule has 2 heterocycles. The minimum absolute atomic E-state index is 0.167. The van der Waals surface area contributed by atoms with E-state index in [9.17, 15) is 14.9 Å². The van der Waals surface area contributed by atoms with Gasteiger partial charge in [-0.1, -0.05) is 12.2 Å². The Morgan fingerprint density at radius 3 is 2.92 bits per heavy atom. The summed E-state index contributed by atoms with van der Waals surface area (Å²) in [5.41, 5.74) is 3.03. The molecule has 7 heteroatoms. The fourth-order valence-corrected chi connectivity index (χ4v) is 2.79. The molecule has 7 nitrogen and oxygen atoms in total. The van der Waals surface area contributed by atoms with Gasteiger partial charge in [-0.2, -0.15) is 5.26 Å². The Balaban J connectivity index is 2.15. The van der Waals surface area contributed by atoms with Gasteiger partial charge in [-0.15, -0.1) is 0 Å². The lowest BCUT2D eigenvalue weighted by atomic mass is 9.98. The highest BCUT2D eigenvalue weighted by Crippen LogP contribution is 2.31. The largest absolute Gasteiger partial charge is 0.465 e. The number of nitriles is 1. The number of nitrogens with zero attached hydrogens (tertiary/aromatic N) is 2. The van der Waals surface area contributed by atoms with Crippen LogP contribution in [0.25, 0.3) is 11.1 Å². The van der Waals surface area contributed by atoms with Gasteiger partial charge < -0.3 is 15.7 Å². The summed E-state index contributed by atoms with van der Waals surface area (Å²) >= 11 is 0. The summed E-state index contributed by atoms with van der Waals surface area (Å²) in [6, 6.07) is 10.1. The highest BCUT2D eigenvalue weighted by Gasteiger charge is 2.17. The van der Waals surface area contributed by atoms with Gasteiger partial charge in [-0.05, 0) is 42.3 Å². The van der Waals surface area contributed by atoms with Crippen LogP contribution >= 0.6 is 0 Å². The van der Waals surface area contributed by atoms with Crippen molar-refractivity contribution in [2.45, 2.75) is 18.9 Å². The van der Waals surface area contributed by atoms with Crippen molar-refractivity contribution in [1.29, 1.82) is 5.26 Å². The first-order chi connectivity index (χ1) is 12.6. The Labute approximate surface area is 150 Å². The standard InChI is InChI=1S/C19H16N4O3/c20-11-12-5-6-15-14(9-12)13-7-8-21-17(10-13)16(23-19(25)26)3-1-2-4-18(24)22-15/h1-2,5-10,16,23H,3-4H2,(H,22,24)(H,25,26)/t16-/m0/s1. The number of fused-ring (bicyclic) bond motifs is 4. The molecule has 1 aliphatic rings. The van der Waals surface area contributed by atoms with Crippen molar-refractivity contribution >= 4 is 17.7 Å². The molecule has 3 rings (SSSR count). The van der Waals surface area contributed by atoms with E-state index in [-0.39, 0.29) is 12.3 Å². The number of carbonyl (C=O) groups is 2. The van der Waals surface area contributed by atoms with Crippen LogP contribution < -0.4 is 10.6 Å². The number of anilines is 1. The van der Waals surface area contributed by atoms with E-state index in [4.69, 9.17) is 5.11 Å². The Morgan fingerprint density at radius 2 is 2.15 bits per heavy atom.